The van der Waals surface area contributed by atoms with Gasteiger partial charge < -0.3 is 0 Å². The molecule has 0 bridgehead atoms. The van der Waals surface area contributed by atoms with Crippen molar-refractivity contribution in [2.24, 2.45) is 0 Å². The Balaban J connectivity index is 2.32. The molecule has 0 spiro atoms. The Morgan fingerprint density at radius 2 is 1.84 bits per heavy atom. The van der Waals surface area contributed by atoms with Crippen molar-refractivity contribution in [3.05, 3.63) is 64.0 Å². The quantitative estimate of drug-likeness (QED) is 0.485. The maximum absolute atomic E-state index is 12.8. The van der Waals surface area contributed by atoms with Gasteiger partial charge in [0.05, 0.1) is 4.92 Å². The van der Waals surface area contributed by atoms with Crippen LogP contribution in [0.15, 0.2) is 52.3 Å². The number of benzene rings is 2. The minimum Gasteiger partial charge on any atom is -0.298 e. The van der Waals surface area contributed by atoms with E-state index in [0.29, 0.717) is 11.2 Å². The van der Waals surface area contributed by atoms with Gasteiger partial charge in [0.1, 0.15) is 5.82 Å². The van der Waals surface area contributed by atoms with Crippen LogP contribution in [0.1, 0.15) is 10.4 Å². The SMILES string of the molecule is O=Cc1cc([N+](=O)[O-])ccc1Sc1ccc(F)cc1. The molecule has 0 fully saturated rings. The molecule has 0 atom stereocenters. The van der Waals surface area contributed by atoms with Crippen LogP contribution in [0.4, 0.5) is 10.1 Å². The molecule has 2 aromatic carbocycles. The summed E-state index contributed by atoms with van der Waals surface area (Å²) in [5.74, 6) is -0.344. The van der Waals surface area contributed by atoms with Crippen molar-refractivity contribution in [3.8, 4) is 0 Å². The molecule has 0 N–H and O–H groups in total. The van der Waals surface area contributed by atoms with Crippen LogP contribution in [0.2, 0.25) is 0 Å². The summed E-state index contributed by atoms with van der Waals surface area (Å²) in [7, 11) is 0. The van der Waals surface area contributed by atoms with Crippen LogP contribution in [-0.4, -0.2) is 11.2 Å². The lowest BCUT2D eigenvalue weighted by molar-refractivity contribution is -0.384. The number of rotatable bonds is 4. The van der Waals surface area contributed by atoms with Gasteiger partial charge in [-0.2, -0.15) is 0 Å². The molecule has 0 unspecified atom stereocenters. The van der Waals surface area contributed by atoms with Crippen molar-refractivity contribution in [2.45, 2.75) is 9.79 Å². The average Bonchev–Trinajstić information content (AvgIpc) is 2.41. The van der Waals surface area contributed by atoms with E-state index in [-0.39, 0.29) is 17.1 Å². The smallest absolute Gasteiger partial charge is 0.270 e. The molecule has 0 aliphatic carbocycles. The highest BCUT2D eigenvalue weighted by molar-refractivity contribution is 7.99. The molecule has 2 rings (SSSR count). The van der Waals surface area contributed by atoms with Gasteiger partial charge in [0.25, 0.3) is 5.69 Å². The largest absolute Gasteiger partial charge is 0.298 e. The Labute approximate surface area is 112 Å². The van der Waals surface area contributed by atoms with Crippen LogP contribution in [0.3, 0.4) is 0 Å². The number of aldehydes is 1. The molecule has 0 aliphatic heterocycles. The first-order chi connectivity index (χ1) is 9.10. The van der Waals surface area contributed by atoms with E-state index in [2.05, 4.69) is 0 Å². The zero-order chi connectivity index (χ0) is 13.8. The van der Waals surface area contributed by atoms with E-state index in [1.807, 2.05) is 0 Å². The van der Waals surface area contributed by atoms with Gasteiger partial charge in [-0.25, -0.2) is 4.39 Å². The van der Waals surface area contributed by atoms with Gasteiger partial charge in [0, 0.05) is 27.5 Å². The summed E-state index contributed by atoms with van der Waals surface area (Å²) in [6.07, 6.45) is 0.568. The first-order valence-corrected chi connectivity index (χ1v) is 6.09. The molecule has 2 aromatic rings. The molecule has 0 saturated carbocycles. The molecule has 0 saturated heterocycles. The second-order valence-electron chi connectivity index (χ2n) is 3.65. The standard InChI is InChI=1S/C13H8FNO3S/c14-10-1-4-12(5-2-10)19-13-6-3-11(15(17)18)7-9(13)8-16/h1-8H. The van der Waals surface area contributed by atoms with E-state index in [1.165, 1.54) is 42.1 Å². The third kappa shape index (κ3) is 3.17. The van der Waals surface area contributed by atoms with Crippen molar-refractivity contribution < 1.29 is 14.1 Å². The number of hydrogen-bond acceptors (Lipinski definition) is 4. The summed E-state index contributed by atoms with van der Waals surface area (Å²) >= 11 is 1.25. The van der Waals surface area contributed by atoms with Gasteiger partial charge in [-0.15, -0.1) is 0 Å². The maximum atomic E-state index is 12.8. The van der Waals surface area contributed by atoms with Gasteiger partial charge in [-0.1, -0.05) is 11.8 Å². The fourth-order valence-electron chi connectivity index (χ4n) is 1.46. The Bertz CT molecular complexity index is 628. The molecule has 0 aromatic heterocycles. The average molecular weight is 277 g/mol. The van der Waals surface area contributed by atoms with Gasteiger partial charge in [-0.3, -0.25) is 14.9 Å². The van der Waals surface area contributed by atoms with Crippen LogP contribution in [0.25, 0.3) is 0 Å². The molecule has 19 heavy (non-hydrogen) atoms. The first-order valence-electron chi connectivity index (χ1n) is 5.27. The van der Waals surface area contributed by atoms with Gasteiger partial charge in [0.15, 0.2) is 6.29 Å². The van der Waals surface area contributed by atoms with Crippen LogP contribution in [0.5, 0.6) is 0 Å². The molecule has 0 heterocycles. The van der Waals surface area contributed by atoms with Crippen LogP contribution in [0, 0.1) is 15.9 Å². The van der Waals surface area contributed by atoms with E-state index in [4.69, 9.17) is 0 Å². The maximum Gasteiger partial charge on any atom is 0.270 e. The van der Waals surface area contributed by atoms with Crippen molar-refractivity contribution in [3.63, 3.8) is 0 Å². The highest BCUT2D eigenvalue weighted by atomic mass is 32.2. The summed E-state index contributed by atoms with van der Waals surface area (Å²) in [5.41, 5.74) is 0.106. The zero-order valence-electron chi connectivity index (χ0n) is 9.58. The summed E-state index contributed by atoms with van der Waals surface area (Å²) in [5, 5.41) is 10.6. The topological polar surface area (TPSA) is 60.2 Å². The number of hydrogen-bond donors (Lipinski definition) is 0. The van der Waals surface area contributed by atoms with Crippen molar-refractivity contribution in [1.82, 2.24) is 0 Å². The second-order valence-corrected chi connectivity index (χ2v) is 4.77. The molecular weight excluding hydrogens is 269 g/mol. The Kier molecular flexibility index (Phi) is 3.91. The lowest BCUT2D eigenvalue weighted by Gasteiger charge is -2.04. The molecule has 6 heteroatoms. The van der Waals surface area contributed by atoms with Gasteiger partial charge >= 0.3 is 0 Å². The summed E-state index contributed by atoms with van der Waals surface area (Å²) < 4.78 is 12.8. The number of nitro benzene ring substituents is 1. The summed E-state index contributed by atoms with van der Waals surface area (Å²) in [6.45, 7) is 0. The van der Waals surface area contributed by atoms with Crippen LogP contribution >= 0.6 is 11.8 Å². The second kappa shape index (κ2) is 5.62. The third-order valence-corrected chi connectivity index (χ3v) is 3.47. The fraction of sp³-hybridized carbons (Fsp3) is 0. The minimum atomic E-state index is -0.556. The molecule has 0 amide bonds. The van der Waals surface area contributed by atoms with E-state index in [0.717, 1.165) is 4.90 Å². The summed E-state index contributed by atoms with van der Waals surface area (Å²) in [4.78, 5) is 22.4. The zero-order valence-corrected chi connectivity index (χ0v) is 10.4. The number of carbonyl (C=O) groups is 1. The number of nitro groups is 1. The molecule has 4 nitrogen and oxygen atoms in total. The van der Waals surface area contributed by atoms with Crippen molar-refractivity contribution in [1.29, 1.82) is 0 Å². The first kappa shape index (κ1) is 13.2. The Hall–Kier alpha value is -2.21. The van der Waals surface area contributed by atoms with Gasteiger partial charge in [-0.05, 0) is 30.3 Å². The van der Waals surface area contributed by atoms with E-state index in [9.17, 15) is 19.3 Å². The minimum absolute atomic E-state index is 0.134. The molecule has 96 valence electrons. The summed E-state index contributed by atoms with van der Waals surface area (Å²) in [6, 6.07) is 9.85. The van der Waals surface area contributed by atoms with Crippen molar-refractivity contribution >= 4 is 23.7 Å². The van der Waals surface area contributed by atoms with Crippen LogP contribution in [-0.2, 0) is 0 Å². The van der Waals surface area contributed by atoms with E-state index >= 15 is 0 Å². The highest BCUT2D eigenvalue weighted by Crippen LogP contribution is 2.31. The molecular formula is C13H8FNO3S. The van der Waals surface area contributed by atoms with E-state index in [1.54, 1.807) is 12.1 Å². The Morgan fingerprint density at radius 3 is 2.42 bits per heavy atom. The van der Waals surface area contributed by atoms with Crippen molar-refractivity contribution in [2.75, 3.05) is 0 Å². The predicted molar refractivity (Wildman–Crippen MR) is 69.0 cm³/mol. The molecule has 0 radical (unpaired) electrons. The van der Waals surface area contributed by atoms with Crippen LogP contribution < -0.4 is 0 Å². The lowest BCUT2D eigenvalue weighted by atomic mass is 10.2. The fourth-order valence-corrected chi connectivity index (χ4v) is 2.35. The number of nitrogens with zero attached hydrogens (tertiary/aromatic N) is 1. The normalized spacial score (nSPS) is 10.2. The molecule has 0 aliphatic rings. The van der Waals surface area contributed by atoms with Gasteiger partial charge in [0.2, 0.25) is 0 Å². The highest BCUT2D eigenvalue weighted by Gasteiger charge is 2.11. The predicted octanol–water partition coefficient (Wildman–Crippen LogP) is 3.70. The monoisotopic (exact) mass is 277 g/mol. The van der Waals surface area contributed by atoms with E-state index < -0.39 is 4.92 Å². The Morgan fingerprint density at radius 1 is 1.16 bits per heavy atom. The number of halogens is 1. The lowest BCUT2D eigenvalue weighted by Crippen LogP contribution is -1.92. The third-order valence-electron chi connectivity index (χ3n) is 2.37. The number of carbonyl (C=O) groups excluding carboxylic acids is 1. The number of non-ortho nitro benzene ring substituents is 1.